The molecule has 0 bridgehead atoms. The fraction of sp³-hybridized carbons (Fsp3) is 0.923. The van der Waals surface area contributed by atoms with Crippen molar-refractivity contribution < 1.29 is 14.3 Å². The second-order valence-electron chi connectivity index (χ2n) is 5.34. The summed E-state index contributed by atoms with van der Waals surface area (Å²) in [5.41, 5.74) is -0.221. The van der Waals surface area contributed by atoms with Gasteiger partial charge in [-0.2, -0.15) is 0 Å². The highest BCUT2D eigenvalue weighted by Crippen LogP contribution is 2.41. The van der Waals surface area contributed by atoms with Crippen LogP contribution in [-0.2, 0) is 14.3 Å². The highest BCUT2D eigenvalue weighted by atomic mass is 16.5. The van der Waals surface area contributed by atoms with Gasteiger partial charge in [-0.05, 0) is 31.6 Å². The Balaban J connectivity index is 1.68. The lowest BCUT2D eigenvalue weighted by Crippen LogP contribution is -2.48. The Morgan fingerprint density at radius 3 is 2.88 bits per heavy atom. The molecule has 4 nitrogen and oxygen atoms in total. The van der Waals surface area contributed by atoms with E-state index in [4.69, 9.17) is 9.47 Å². The van der Waals surface area contributed by atoms with Crippen LogP contribution in [0.3, 0.4) is 0 Å². The number of hydrogen-bond donors (Lipinski definition) is 1. The second-order valence-corrected chi connectivity index (χ2v) is 5.34. The van der Waals surface area contributed by atoms with Crippen molar-refractivity contribution in [2.45, 2.75) is 32.1 Å². The Morgan fingerprint density at radius 2 is 2.35 bits per heavy atom. The van der Waals surface area contributed by atoms with E-state index in [0.717, 1.165) is 51.9 Å². The number of carbonyl (C=O) groups is 1. The first-order valence-corrected chi connectivity index (χ1v) is 6.62. The monoisotopic (exact) mass is 241 g/mol. The molecule has 0 radical (unpaired) electrons. The Kier molecular flexibility index (Phi) is 4.40. The topological polar surface area (TPSA) is 47.6 Å². The summed E-state index contributed by atoms with van der Waals surface area (Å²) in [6, 6.07) is 0. The molecular formula is C13H23NO3. The fourth-order valence-electron chi connectivity index (χ4n) is 2.71. The van der Waals surface area contributed by atoms with Gasteiger partial charge in [0.1, 0.15) is 0 Å². The van der Waals surface area contributed by atoms with Crippen molar-refractivity contribution in [1.82, 2.24) is 5.32 Å². The van der Waals surface area contributed by atoms with Crippen molar-refractivity contribution >= 4 is 5.91 Å². The van der Waals surface area contributed by atoms with Crippen molar-refractivity contribution in [2.75, 3.05) is 33.5 Å². The van der Waals surface area contributed by atoms with E-state index in [1.54, 1.807) is 7.11 Å². The average molecular weight is 241 g/mol. The first-order valence-electron chi connectivity index (χ1n) is 6.62. The third kappa shape index (κ3) is 2.99. The highest BCUT2D eigenvalue weighted by Gasteiger charge is 2.43. The molecular weight excluding hydrogens is 218 g/mol. The largest absolute Gasteiger partial charge is 0.384 e. The third-order valence-electron chi connectivity index (χ3n) is 4.08. The molecule has 2 rings (SSSR count). The minimum absolute atomic E-state index is 0.185. The normalized spacial score (nSPS) is 26.5. The Morgan fingerprint density at radius 1 is 1.53 bits per heavy atom. The summed E-state index contributed by atoms with van der Waals surface area (Å²) in [7, 11) is 1.67. The first kappa shape index (κ1) is 12.8. The molecule has 17 heavy (non-hydrogen) atoms. The molecule has 98 valence electrons. The molecule has 1 aliphatic heterocycles. The summed E-state index contributed by atoms with van der Waals surface area (Å²) in [6.45, 7) is 3.08. The third-order valence-corrected chi connectivity index (χ3v) is 4.08. The van der Waals surface area contributed by atoms with E-state index in [-0.39, 0.29) is 11.3 Å². The van der Waals surface area contributed by atoms with Gasteiger partial charge in [0.25, 0.3) is 0 Å². The van der Waals surface area contributed by atoms with Gasteiger partial charge < -0.3 is 14.8 Å². The van der Waals surface area contributed by atoms with Crippen molar-refractivity contribution in [2.24, 2.45) is 11.3 Å². The predicted molar refractivity (Wildman–Crippen MR) is 64.7 cm³/mol. The van der Waals surface area contributed by atoms with E-state index in [1.807, 2.05) is 0 Å². The smallest absolute Gasteiger partial charge is 0.228 e. The van der Waals surface area contributed by atoms with Gasteiger partial charge >= 0.3 is 0 Å². The van der Waals surface area contributed by atoms with Crippen LogP contribution in [0.2, 0.25) is 0 Å². The van der Waals surface area contributed by atoms with Gasteiger partial charge in [0.2, 0.25) is 5.91 Å². The number of ether oxygens (including phenoxy) is 2. The minimum atomic E-state index is -0.221. The van der Waals surface area contributed by atoms with Gasteiger partial charge in [0.15, 0.2) is 0 Å². The zero-order valence-corrected chi connectivity index (χ0v) is 10.7. The lowest BCUT2D eigenvalue weighted by molar-refractivity contribution is -0.140. The minimum Gasteiger partial charge on any atom is -0.384 e. The maximum absolute atomic E-state index is 12.1. The van der Waals surface area contributed by atoms with Crippen LogP contribution in [0.4, 0.5) is 0 Å². The molecule has 1 aliphatic carbocycles. The van der Waals surface area contributed by atoms with Gasteiger partial charge in [0, 0.05) is 26.9 Å². The predicted octanol–water partition coefficient (Wildman–Crippen LogP) is 1.35. The Hall–Kier alpha value is -0.610. The van der Waals surface area contributed by atoms with Crippen LogP contribution in [0, 0.1) is 11.3 Å². The molecule has 1 unspecified atom stereocenters. The van der Waals surface area contributed by atoms with E-state index >= 15 is 0 Å². The molecule has 1 amide bonds. The number of hydrogen-bond acceptors (Lipinski definition) is 3. The summed E-state index contributed by atoms with van der Waals surface area (Å²) in [6.07, 6.45) is 5.26. The van der Waals surface area contributed by atoms with Crippen LogP contribution in [0.15, 0.2) is 0 Å². The molecule has 1 atom stereocenters. The lowest BCUT2D eigenvalue weighted by atomic mass is 9.68. The molecule has 2 aliphatic rings. The van der Waals surface area contributed by atoms with Crippen LogP contribution < -0.4 is 5.32 Å². The van der Waals surface area contributed by atoms with Gasteiger partial charge in [-0.3, -0.25) is 4.79 Å². The molecule has 0 aromatic carbocycles. The summed E-state index contributed by atoms with van der Waals surface area (Å²) in [5.74, 6) is 0.819. The maximum Gasteiger partial charge on any atom is 0.228 e. The van der Waals surface area contributed by atoms with E-state index in [2.05, 4.69) is 5.32 Å². The van der Waals surface area contributed by atoms with Gasteiger partial charge in [-0.15, -0.1) is 0 Å². The van der Waals surface area contributed by atoms with Crippen molar-refractivity contribution in [3.8, 4) is 0 Å². The molecule has 1 saturated heterocycles. The summed E-state index contributed by atoms with van der Waals surface area (Å²) in [5, 5.41) is 3.06. The van der Waals surface area contributed by atoms with Crippen molar-refractivity contribution in [3.05, 3.63) is 0 Å². The highest BCUT2D eigenvalue weighted by molar-refractivity contribution is 5.83. The van der Waals surface area contributed by atoms with Crippen LogP contribution in [0.1, 0.15) is 32.1 Å². The number of methoxy groups -OCH3 is 1. The summed E-state index contributed by atoms with van der Waals surface area (Å²) < 4.78 is 10.5. The van der Waals surface area contributed by atoms with Crippen molar-refractivity contribution in [1.29, 1.82) is 0 Å². The molecule has 2 fully saturated rings. The molecule has 1 saturated carbocycles. The SMILES string of the molecule is COCC1(C(=O)NCCC2CCOC2)CCC1. The molecule has 1 heterocycles. The van der Waals surface area contributed by atoms with Crippen LogP contribution in [0.25, 0.3) is 0 Å². The zero-order valence-electron chi connectivity index (χ0n) is 10.7. The Labute approximate surface area is 103 Å². The number of rotatable bonds is 6. The number of nitrogens with one attached hydrogen (secondary N) is 1. The second kappa shape index (κ2) is 5.83. The summed E-state index contributed by atoms with van der Waals surface area (Å²) >= 11 is 0. The van der Waals surface area contributed by atoms with E-state index in [9.17, 15) is 4.79 Å². The van der Waals surface area contributed by atoms with E-state index in [1.165, 1.54) is 0 Å². The van der Waals surface area contributed by atoms with E-state index < -0.39 is 0 Å². The molecule has 0 spiro atoms. The maximum atomic E-state index is 12.1. The summed E-state index contributed by atoms with van der Waals surface area (Å²) in [4.78, 5) is 12.1. The van der Waals surface area contributed by atoms with Gasteiger partial charge in [-0.25, -0.2) is 0 Å². The molecule has 0 aromatic heterocycles. The molecule has 1 N–H and O–H groups in total. The molecule has 0 aromatic rings. The zero-order chi connectivity index (χ0) is 12.1. The molecule has 4 heteroatoms. The van der Waals surface area contributed by atoms with Crippen molar-refractivity contribution in [3.63, 3.8) is 0 Å². The van der Waals surface area contributed by atoms with Gasteiger partial charge in [0.05, 0.1) is 12.0 Å². The fourth-order valence-corrected chi connectivity index (χ4v) is 2.71. The van der Waals surface area contributed by atoms with Gasteiger partial charge in [-0.1, -0.05) is 6.42 Å². The quantitative estimate of drug-likeness (QED) is 0.763. The lowest BCUT2D eigenvalue weighted by Gasteiger charge is -2.39. The Bertz CT molecular complexity index is 257. The van der Waals surface area contributed by atoms with E-state index in [0.29, 0.717) is 12.5 Å². The average Bonchev–Trinajstić information content (AvgIpc) is 2.76. The van der Waals surface area contributed by atoms with Crippen LogP contribution in [0.5, 0.6) is 0 Å². The number of amides is 1. The standard InChI is InChI=1S/C13H23NO3/c1-16-10-13(5-2-6-13)12(15)14-7-3-11-4-8-17-9-11/h11H,2-10H2,1H3,(H,14,15). The van der Waals surface area contributed by atoms with Crippen LogP contribution >= 0.6 is 0 Å². The van der Waals surface area contributed by atoms with Crippen LogP contribution in [-0.4, -0.2) is 39.4 Å². The first-order chi connectivity index (χ1) is 8.27. The number of carbonyl (C=O) groups excluding carboxylic acids is 1.